The fourth-order valence-electron chi connectivity index (χ4n) is 4.78. The number of pyridine rings is 1. The lowest BCUT2D eigenvalue weighted by molar-refractivity contribution is -0.121. The third-order valence-electron chi connectivity index (χ3n) is 6.58. The minimum atomic E-state index is -0.399. The molecule has 1 saturated heterocycles. The Balaban J connectivity index is 1.26. The Morgan fingerprint density at radius 1 is 1.06 bits per heavy atom. The second-order valence-electron chi connectivity index (χ2n) is 8.64. The van der Waals surface area contributed by atoms with Gasteiger partial charge in [-0.1, -0.05) is 0 Å². The van der Waals surface area contributed by atoms with Gasteiger partial charge >= 0.3 is 0 Å². The molecule has 1 aliphatic heterocycles. The van der Waals surface area contributed by atoms with Gasteiger partial charge in [0.15, 0.2) is 11.7 Å². The van der Waals surface area contributed by atoms with E-state index >= 15 is 0 Å². The molecule has 2 aliphatic rings. The van der Waals surface area contributed by atoms with Gasteiger partial charge in [0, 0.05) is 43.6 Å². The molecule has 0 spiro atoms. The predicted molar refractivity (Wildman–Crippen MR) is 119 cm³/mol. The van der Waals surface area contributed by atoms with Crippen molar-refractivity contribution in [3.63, 3.8) is 0 Å². The quantitative estimate of drug-likeness (QED) is 0.659. The number of aryl methyl sites for hydroxylation is 1. The molecular weight excluding hydrogens is 411 g/mol. The van der Waals surface area contributed by atoms with Crippen LogP contribution >= 0.6 is 0 Å². The van der Waals surface area contributed by atoms with Crippen LogP contribution in [0.5, 0.6) is 0 Å². The lowest BCUT2D eigenvalue weighted by Crippen LogP contribution is -2.45. The Hall–Kier alpha value is -2.84. The van der Waals surface area contributed by atoms with Gasteiger partial charge < -0.3 is 14.5 Å². The Morgan fingerprint density at radius 3 is 2.56 bits per heavy atom. The van der Waals surface area contributed by atoms with Crippen molar-refractivity contribution >= 4 is 22.5 Å². The van der Waals surface area contributed by atoms with E-state index in [-0.39, 0.29) is 11.8 Å². The predicted octanol–water partition coefficient (Wildman–Crippen LogP) is 4.17. The van der Waals surface area contributed by atoms with Gasteiger partial charge in [0.1, 0.15) is 11.6 Å². The summed E-state index contributed by atoms with van der Waals surface area (Å²) in [6, 6.07) is 5.46. The Morgan fingerprint density at radius 2 is 1.84 bits per heavy atom. The number of hydrogen-bond acceptors (Lipinski definition) is 6. The monoisotopic (exact) mass is 438 g/mol. The van der Waals surface area contributed by atoms with Gasteiger partial charge in [-0.2, -0.15) is 0 Å². The van der Waals surface area contributed by atoms with E-state index in [0.717, 1.165) is 57.4 Å². The number of aromatic nitrogens is 2. The molecule has 1 saturated carbocycles. The average Bonchev–Trinajstić information content (AvgIpc) is 3.25. The fraction of sp³-hybridized carbons (Fsp3) is 0.458. The maximum atomic E-state index is 14.5. The molecule has 0 radical (unpaired) electrons. The van der Waals surface area contributed by atoms with Crippen LogP contribution in [0.4, 0.5) is 10.2 Å². The van der Waals surface area contributed by atoms with Gasteiger partial charge in [0.05, 0.1) is 25.0 Å². The molecule has 3 heterocycles. The summed E-state index contributed by atoms with van der Waals surface area (Å²) in [6.07, 6.45) is 6.91. The highest BCUT2D eigenvalue weighted by molar-refractivity contribution is 5.95. The number of benzene rings is 1. The number of rotatable bonds is 4. The summed E-state index contributed by atoms with van der Waals surface area (Å²) in [5, 5.41) is 4.40. The molecule has 3 aromatic rings. The first-order valence-corrected chi connectivity index (χ1v) is 11.2. The number of morpholine rings is 1. The van der Waals surface area contributed by atoms with Gasteiger partial charge in [0.2, 0.25) is 5.91 Å². The average molecular weight is 439 g/mol. The van der Waals surface area contributed by atoms with Crippen LogP contribution in [0.3, 0.4) is 0 Å². The van der Waals surface area contributed by atoms with Crippen molar-refractivity contribution in [2.24, 2.45) is 5.92 Å². The number of nitrogens with one attached hydrogen (secondary N) is 1. The van der Waals surface area contributed by atoms with Crippen molar-refractivity contribution in [2.75, 3.05) is 31.6 Å². The van der Waals surface area contributed by atoms with E-state index in [9.17, 15) is 9.18 Å². The van der Waals surface area contributed by atoms with E-state index < -0.39 is 5.82 Å². The van der Waals surface area contributed by atoms with Crippen molar-refractivity contribution in [1.82, 2.24) is 14.9 Å². The minimum Gasteiger partial charge on any atom is -0.441 e. The Bertz CT molecular complexity index is 1120. The van der Waals surface area contributed by atoms with Crippen LogP contribution in [0.25, 0.3) is 22.1 Å². The largest absolute Gasteiger partial charge is 0.441 e. The number of hydrogen-bond donors (Lipinski definition) is 1. The summed E-state index contributed by atoms with van der Waals surface area (Å²) in [5.74, 6) is 0.927. The SMILES string of the molecule is Cc1ncc(-c2cc3cc(NC(=O)C4CCC(N5CCOCC5)CC4)ncc3cc2F)o1. The van der Waals surface area contributed by atoms with E-state index in [1.54, 1.807) is 25.3 Å². The summed E-state index contributed by atoms with van der Waals surface area (Å²) in [6.45, 7) is 5.29. The van der Waals surface area contributed by atoms with Crippen molar-refractivity contribution in [2.45, 2.75) is 38.6 Å². The highest BCUT2D eigenvalue weighted by atomic mass is 19.1. The lowest BCUT2D eigenvalue weighted by atomic mass is 9.84. The molecule has 1 N–H and O–H groups in total. The molecule has 2 fully saturated rings. The number of ether oxygens (including phenoxy) is 1. The van der Waals surface area contributed by atoms with E-state index in [2.05, 4.69) is 20.2 Å². The zero-order valence-corrected chi connectivity index (χ0v) is 18.1. The van der Waals surface area contributed by atoms with Crippen LogP contribution in [-0.4, -0.2) is 53.1 Å². The molecule has 0 bridgehead atoms. The number of amides is 1. The molecule has 0 atom stereocenters. The molecule has 7 nitrogen and oxygen atoms in total. The number of carbonyl (C=O) groups is 1. The highest BCUT2D eigenvalue weighted by Gasteiger charge is 2.30. The smallest absolute Gasteiger partial charge is 0.228 e. The summed E-state index contributed by atoms with van der Waals surface area (Å²) in [7, 11) is 0. The number of halogens is 1. The molecule has 8 heteroatoms. The summed E-state index contributed by atoms with van der Waals surface area (Å²) >= 11 is 0. The topological polar surface area (TPSA) is 80.5 Å². The summed E-state index contributed by atoms with van der Waals surface area (Å²) < 4.78 is 25.5. The van der Waals surface area contributed by atoms with Crippen LogP contribution in [0.2, 0.25) is 0 Å². The van der Waals surface area contributed by atoms with Gasteiger partial charge in [-0.3, -0.25) is 9.69 Å². The van der Waals surface area contributed by atoms with Gasteiger partial charge in [0.25, 0.3) is 0 Å². The second-order valence-corrected chi connectivity index (χ2v) is 8.64. The van der Waals surface area contributed by atoms with E-state index in [0.29, 0.717) is 34.5 Å². The third kappa shape index (κ3) is 4.38. The normalized spacial score (nSPS) is 22.2. The van der Waals surface area contributed by atoms with Gasteiger partial charge in [-0.15, -0.1) is 0 Å². The fourth-order valence-corrected chi connectivity index (χ4v) is 4.78. The van der Waals surface area contributed by atoms with Gasteiger partial charge in [-0.25, -0.2) is 14.4 Å². The summed E-state index contributed by atoms with van der Waals surface area (Å²) in [4.78, 5) is 23.7. The first-order chi connectivity index (χ1) is 15.6. The van der Waals surface area contributed by atoms with Crippen LogP contribution in [0.15, 0.2) is 35.0 Å². The Kier molecular flexibility index (Phi) is 5.89. The van der Waals surface area contributed by atoms with E-state index in [1.165, 1.54) is 12.3 Å². The third-order valence-corrected chi connectivity index (χ3v) is 6.58. The molecule has 168 valence electrons. The van der Waals surface area contributed by atoms with Gasteiger partial charge in [-0.05, 0) is 49.3 Å². The first kappa shape index (κ1) is 21.0. The number of anilines is 1. The molecule has 5 rings (SSSR count). The minimum absolute atomic E-state index is 0.00507. The molecule has 1 aliphatic carbocycles. The lowest BCUT2D eigenvalue weighted by Gasteiger charge is -2.38. The second kappa shape index (κ2) is 8.96. The molecular formula is C24H27FN4O3. The molecule has 0 unspecified atom stereocenters. The Labute approximate surface area is 186 Å². The van der Waals surface area contributed by atoms with Crippen LogP contribution < -0.4 is 5.32 Å². The standard InChI is InChI=1S/C24H27FN4O3/c1-15-26-14-22(32-15)20-10-17-12-23(27-13-18(17)11-21(20)25)28-24(30)16-2-4-19(5-3-16)29-6-8-31-9-7-29/h10-14,16,19H,2-9H2,1H3,(H,27,28,30). The van der Waals surface area contributed by atoms with E-state index in [4.69, 9.17) is 9.15 Å². The van der Waals surface area contributed by atoms with Crippen molar-refractivity contribution in [3.8, 4) is 11.3 Å². The zero-order chi connectivity index (χ0) is 22.1. The van der Waals surface area contributed by atoms with Crippen molar-refractivity contribution in [3.05, 3.63) is 42.3 Å². The van der Waals surface area contributed by atoms with Crippen molar-refractivity contribution in [1.29, 1.82) is 0 Å². The van der Waals surface area contributed by atoms with Crippen LogP contribution in [0, 0.1) is 18.7 Å². The first-order valence-electron chi connectivity index (χ1n) is 11.2. The van der Waals surface area contributed by atoms with Crippen molar-refractivity contribution < 1.29 is 18.3 Å². The maximum absolute atomic E-state index is 14.5. The number of fused-ring (bicyclic) bond motifs is 1. The molecule has 1 amide bonds. The molecule has 1 aromatic carbocycles. The molecule has 2 aromatic heterocycles. The highest BCUT2D eigenvalue weighted by Crippen LogP contribution is 2.31. The zero-order valence-electron chi connectivity index (χ0n) is 18.1. The molecule has 32 heavy (non-hydrogen) atoms. The number of carbonyl (C=O) groups excluding carboxylic acids is 1. The van der Waals surface area contributed by atoms with Crippen LogP contribution in [0.1, 0.15) is 31.6 Å². The van der Waals surface area contributed by atoms with E-state index in [1.807, 2.05) is 0 Å². The number of oxazole rings is 1. The number of nitrogens with zero attached hydrogens (tertiary/aromatic N) is 3. The maximum Gasteiger partial charge on any atom is 0.228 e. The van der Waals surface area contributed by atoms with Crippen LogP contribution in [-0.2, 0) is 9.53 Å². The summed E-state index contributed by atoms with van der Waals surface area (Å²) in [5.41, 5.74) is 0.336.